The predicted octanol–water partition coefficient (Wildman–Crippen LogP) is 5.34. The van der Waals surface area contributed by atoms with Crippen molar-refractivity contribution < 1.29 is 0 Å². The molecule has 0 heteroatoms. The van der Waals surface area contributed by atoms with Crippen LogP contribution in [0, 0.1) is 12.1 Å². The Labute approximate surface area is 116 Å². The van der Waals surface area contributed by atoms with Gasteiger partial charge in [0.15, 0.2) is 0 Å². The summed E-state index contributed by atoms with van der Waals surface area (Å²) in [6.45, 7) is 0. The van der Waals surface area contributed by atoms with E-state index in [2.05, 4.69) is 66.7 Å². The van der Waals surface area contributed by atoms with Crippen LogP contribution in [0.5, 0.6) is 0 Å². The first kappa shape index (κ1) is 10.2. The summed E-state index contributed by atoms with van der Waals surface area (Å²) in [5.74, 6) is 0. The van der Waals surface area contributed by atoms with Gasteiger partial charge in [0.25, 0.3) is 0 Å². The molecule has 5 aromatic carbocycles. The first-order valence-corrected chi connectivity index (χ1v) is 6.81. The quantitative estimate of drug-likeness (QED) is 0.257. The standard InChI is InChI=1S/C20H10/c1-2-8-16-15(7-1)17-9-3-5-13-11-12-14-6-4-10-18(16)20(14)19(13)17/h1-3,5-9,11-12H. The maximum Gasteiger partial charge on any atom is -0.000696 e. The highest BCUT2D eigenvalue weighted by Gasteiger charge is 2.12. The molecule has 0 bridgehead atoms. The van der Waals surface area contributed by atoms with Crippen LogP contribution >= 0.6 is 0 Å². The van der Waals surface area contributed by atoms with E-state index in [9.17, 15) is 0 Å². The fourth-order valence-electron chi connectivity index (χ4n) is 3.40. The minimum Gasteiger partial charge on any atom is -0.0616 e. The second-order valence-corrected chi connectivity index (χ2v) is 5.27. The molecule has 0 atom stereocenters. The number of fused-ring (bicyclic) bond motifs is 3. The SMILES string of the molecule is [c]1[c]c2c3ccccc3c3cccc4ccc(c1)c2c43. The summed E-state index contributed by atoms with van der Waals surface area (Å²) in [6.07, 6.45) is 0. The van der Waals surface area contributed by atoms with E-state index >= 15 is 0 Å². The van der Waals surface area contributed by atoms with Crippen LogP contribution in [-0.2, 0) is 0 Å². The van der Waals surface area contributed by atoms with Crippen molar-refractivity contribution >= 4 is 43.1 Å². The molecular formula is C20H10. The molecule has 0 N–H and O–H groups in total. The zero-order valence-electron chi connectivity index (χ0n) is 10.8. The average molecular weight is 250 g/mol. The van der Waals surface area contributed by atoms with Gasteiger partial charge in [0.2, 0.25) is 0 Å². The Bertz CT molecular complexity index is 998. The third-order valence-corrected chi connectivity index (χ3v) is 4.24. The molecule has 0 saturated heterocycles. The molecule has 0 spiro atoms. The van der Waals surface area contributed by atoms with Gasteiger partial charge in [-0.25, -0.2) is 0 Å². The lowest BCUT2D eigenvalue weighted by molar-refractivity contribution is 1.77. The third-order valence-electron chi connectivity index (χ3n) is 4.24. The van der Waals surface area contributed by atoms with E-state index in [-0.39, 0.29) is 0 Å². The summed E-state index contributed by atoms with van der Waals surface area (Å²) < 4.78 is 0. The number of benzene rings is 5. The van der Waals surface area contributed by atoms with E-state index in [4.69, 9.17) is 0 Å². The van der Waals surface area contributed by atoms with Crippen molar-refractivity contribution in [2.45, 2.75) is 0 Å². The molecule has 2 radical (unpaired) electrons. The number of hydrogen-bond donors (Lipinski definition) is 0. The third kappa shape index (κ3) is 1.12. The molecule has 0 aliphatic carbocycles. The Morgan fingerprint density at radius 3 is 2.35 bits per heavy atom. The van der Waals surface area contributed by atoms with Crippen LogP contribution < -0.4 is 0 Å². The van der Waals surface area contributed by atoms with Crippen molar-refractivity contribution in [2.24, 2.45) is 0 Å². The van der Waals surface area contributed by atoms with Gasteiger partial charge >= 0.3 is 0 Å². The number of hydrogen-bond acceptors (Lipinski definition) is 0. The largest absolute Gasteiger partial charge is 0.0616 e. The van der Waals surface area contributed by atoms with Crippen molar-refractivity contribution in [3.05, 3.63) is 72.8 Å². The maximum atomic E-state index is 3.33. The fraction of sp³-hybridized carbons (Fsp3) is 0. The summed E-state index contributed by atoms with van der Waals surface area (Å²) in [4.78, 5) is 0. The van der Waals surface area contributed by atoms with Gasteiger partial charge in [0.05, 0.1) is 0 Å². The van der Waals surface area contributed by atoms with Crippen LogP contribution in [0.15, 0.2) is 60.7 Å². The van der Waals surface area contributed by atoms with Gasteiger partial charge in [0.1, 0.15) is 0 Å². The molecule has 5 aromatic rings. The van der Waals surface area contributed by atoms with E-state index in [1.807, 2.05) is 6.07 Å². The molecule has 5 rings (SSSR count). The van der Waals surface area contributed by atoms with E-state index in [0.717, 1.165) is 0 Å². The molecule has 90 valence electrons. The van der Waals surface area contributed by atoms with Gasteiger partial charge in [-0.1, -0.05) is 54.6 Å². The van der Waals surface area contributed by atoms with Crippen LogP contribution in [-0.4, -0.2) is 0 Å². The van der Waals surface area contributed by atoms with Crippen LogP contribution in [0.2, 0.25) is 0 Å². The Hall–Kier alpha value is -2.60. The van der Waals surface area contributed by atoms with Crippen LogP contribution in [0.25, 0.3) is 43.1 Å². The molecule has 0 heterocycles. The van der Waals surface area contributed by atoms with Gasteiger partial charge in [-0.05, 0) is 61.3 Å². The zero-order valence-corrected chi connectivity index (χ0v) is 10.8. The normalized spacial score (nSPS) is 12.0. The molecule has 0 unspecified atom stereocenters. The number of rotatable bonds is 0. The van der Waals surface area contributed by atoms with Gasteiger partial charge in [-0.2, -0.15) is 0 Å². The molecule has 0 aliphatic heterocycles. The molecule has 20 heavy (non-hydrogen) atoms. The van der Waals surface area contributed by atoms with Crippen molar-refractivity contribution in [1.29, 1.82) is 0 Å². The topological polar surface area (TPSA) is 0 Å². The molecule has 0 saturated carbocycles. The molecule has 0 amide bonds. The van der Waals surface area contributed by atoms with Crippen molar-refractivity contribution in [2.75, 3.05) is 0 Å². The molecule has 0 aliphatic rings. The van der Waals surface area contributed by atoms with E-state index in [0.29, 0.717) is 0 Å². The highest BCUT2D eigenvalue weighted by molar-refractivity contribution is 6.33. The second kappa shape index (κ2) is 3.49. The minimum absolute atomic E-state index is 1.18. The van der Waals surface area contributed by atoms with Crippen molar-refractivity contribution in [3.8, 4) is 0 Å². The maximum absolute atomic E-state index is 3.33. The minimum atomic E-state index is 1.18. The van der Waals surface area contributed by atoms with Gasteiger partial charge in [0, 0.05) is 0 Å². The summed E-state index contributed by atoms with van der Waals surface area (Å²) in [6, 6.07) is 28.1. The summed E-state index contributed by atoms with van der Waals surface area (Å²) in [5, 5.41) is 10.3. The van der Waals surface area contributed by atoms with Crippen LogP contribution in [0.4, 0.5) is 0 Å². The monoisotopic (exact) mass is 250 g/mol. The lowest BCUT2D eigenvalue weighted by Gasteiger charge is -2.13. The average Bonchev–Trinajstić information content (AvgIpc) is 2.53. The zero-order chi connectivity index (χ0) is 13.1. The molecule has 0 nitrogen and oxygen atoms in total. The highest BCUT2D eigenvalue weighted by atomic mass is 14.1. The molecule has 0 aromatic heterocycles. The Balaban J connectivity index is 2.33. The van der Waals surface area contributed by atoms with Gasteiger partial charge < -0.3 is 0 Å². The first-order valence-electron chi connectivity index (χ1n) is 6.81. The van der Waals surface area contributed by atoms with Gasteiger partial charge in [-0.15, -0.1) is 0 Å². The summed E-state index contributed by atoms with van der Waals surface area (Å²) >= 11 is 0. The molecular weight excluding hydrogens is 240 g/mol. The van der Waals surface area contributed by atoms with Crippen LogP contribution in [0.3, 0.4) is 0 Å². The van der Waals surface area contributed by atoms with E-state index in [1.54, 1.807) is 0 Å². The highest BCUT2D eigenvalue weighted by Crippen LogP contribution is 2.39. The smallest absolute Gasteiger partial charge is 0.000696 e. The lowest BCUT2D eigenvalue weighted by atomic mass is 9.89. The van der Waals surface area contributed by atoms with Gasteiger partial charge in [-0.3, -0.25) is 0 Å². The Kier molecular flexibility index (Phi) is 1.78. The Morgan fingerprint density at radius 1 is 0.600 bits per heavy atom. The molecule has 0 fully saturated rings. The summed E-state index contributed by atoms with van der Waals surface area (Å²) in [5.41, 5.74) is 0. The Morgan fingerprint density at radius 2 is 1.40 bits per heavy atom. The van der Waals surface area contributed by atoms with Crippen molar-refractivity contribution in [3.63, 3.8) is 0 Å². The lowest BCUT2D eigenvalue weighted by Crippen LogP contribution is -1.86. The van der Waals surface area contributed by atoms with E-state index in [1.165, 1.54) is 43.1 Å². The summed E-state index contributed by atoms with van der Waals surface area (Å²) in [7, 11) is 0. The second-order valence-electron chi connectivity index (χ2n) is 5.27. The fourth-order valence-corrected chi connectivity index (χ4v) is 3.40. The first-order chi connectivity index (χ1) is 9.93. The van der Waals surface area contributed by atoms with Crippen LogP contribution in [0.1, 0.15) is 0 Å². The van der Waals surface area contributed by atoms with Crippen molar-refractivity contribution in [1.82, 2.24) is 0 Å². The van der Waals surface area contributed by atoms with E-state index < -0.39 is 0 Å². The predicted molar refractivity (Wildman–Crippen MR) is 85.3 cm³/mol.